The Morgan fingerprint density at radius 2 is 1.92 bits per heavy atom. The molecule has 0 radical (unpaired) electrons. The van der Waals surface area contributed by atoms with Crippen LogP contribution < -0.4 is 11.1 Å². The van der Waals surface area contributed by atoms with Crippen molar-refractivity contribution in [3.05, 3.63) is 64.8 Å². The zero-order chi connectivity index (χ0) is 16.9. The van der Waals surface area contributed by atoms with Gasteiger partial charge in [-0.1, -0.05) is 17.7 Å². The largest absolute Gasteiger partial charge is 0.361 e. The number of amides is 1. The molecule has 4 N–H and O–H groups in total. The molecule has 0 unspecified atom stereocenters. The van der Waals surface area contributed by atoms with Crippen molar-refractivity contribution in [2.45, 2.75) is 19.3 Å². The number of nitrogens with two attached hydrogens (primary N) is 1. The molecular weight excluding hydrogens is 322 g/mol. The van der Waals surface area contributed by atoms with Gasteiger partial charge in [0.15, 0.2) is 0 Å². The average Bonchev–Trinajstić information content (AvgIpc) is 2.98. The fourth-order valence-corrected chi connectivity index (χ4v) is 2.88. The summed E-state index contributed by atoms with van der Waals surface area (Å²) in [6.45, 7) is 0.626. The number of fused-ring (bicyclic) bond motifs is 1. The summed E-state index contributed by atoms with van der Waals surface area (Å²) in [6, 6.07) is 13.4. The van der Waals surface area contributed by atoms with Crippen LogP contribution in [0, 0.1) is 0 Å². The van der Waals surface area contributed by atoms with E-state index in [0.717, 1.165) is 23.2 Å². The predicted octanol–water partition coefficient (Wildman–Crippen LogP) is 3.89. The van der Waals surface area contributed by atoms with Gasteiger partial charge in [0.1, 0.15) is 0 Å². The Morgan fingerprint density at radius 1 is 1.12 bits per heavy atom. The van der Waals surface area contributed by atoms with Crippen molar-refractivity contribution in [3.8, 4) is 0 Å². The minimum atomic E-state index is -0.00586. The number of aromatic nitrogens is 1. The molecule has 0 fully saturated rings. The van der Waals surface area contributed by atoms with Gasteiger partial charge in [-0.2, -0.15) is 0 Å². The summed E-state index contributed by atoms with van der Waals surface area (Å²) in [6.07, 6.45) is 3.99. The van der Waals surface area contributed by atoms with Crippen molar-refractivity contribution < 1.29 is 4.79 Å². The number of carbonyl (C=O) groups excluding carboxylic acids is 1. The molecule has 24 heavy (non-hydrogen) atoms. The summed E-state index contributed by atoms with van der Waals surface area (Å²) in [5.74, 6) is -0.00586. The maximum Gasteiger partial charge on any atom is 0.224 e. The Kier molecular flexibility index (Phi) is 5.18. The summed E-state index contributed by atoms with van der Waals surface area (Å²) < 4.78 is 0. The highest BCUT2D eigenvalue weighted by Crippen LogP contribution is 2.21. The molecule has 0 aliphatic rings. The first-order valence-corrected chi connectivity index (χ1v) is 8.38. The van der Waals surface area contributed by atoms with E-state index in [-0.39, 0.29) is 5.91 Å². The Balaban J connectivity index is 1.63. The normalized spacial score (nSPS) is 10.9. The number of H-pyrrole nitrogens is 1. The first-order valence-electron chi connectivity index (χ1n) is 8.00. The van der Waals surface area contributed by atoms with Crippen LogP contribution in [0.1, 0.15) is 17.5 Å². The number of benzene rings is 2. The third-order valence-electron chi connectivity index (χ3n) is 4.01. The molecule has 5 heteroatoms. The van der Waals surface area contributed by atoms with Gasteiger partial charge in [-0.15, -0.1) is 0 Å². The number of aromatic amines is 1. The first-order chi connectivity index (χ1) is 11.7. The van der Waals surface area contributed by atoms with Crippen molar-refractivity contribution >= 4 is 34.1 Å². The lowest BCUT2D eigenvalue weighted by atomic mass is 10.0. The minimum absolute atomic E-state index is 0.00586. The van der Waals surface area contributed by atoms with Gasteiger partial charge in [-0.3, -0.25) is 4.79 Å². The Labute approximate surface area is 146 Å². The SMILES string of the molecule is NCCc1c[nH]c2ccc(CCC(=O)Nc3ccc(Cl)cc3)cc12. The van der Waals surface area contributed by atoms with Crippen LogP contribution >= 0.6 is 11.6 Å². The molecule has 0 saturated carbocycles. The number of carbonyl (C=O) groups is 1. The number of rotatable bonds is 6. The fraction of sp³-hybridized carbons (Fsp3) is 0.211. The molecule has 2 aromatic carbocycles. The van der Waals surface area contributed by atoms with Crippen molar-refractivity contribution in [2.24, 2.45) is 5.73 Å². The molecule has 0 aliphatic carbocycles. The Bertz CT molecular complexity index is 839. The molecule has 0 saturated heterocycles. The summed E-state index contributed by atoms with van der Waals surface area (Å²) in [5.41, 5.74) is 9.89. The smallest absolute Gasteiger partial charge is 0.224 e. The van der Waals surface area contributed by atoms with E-state index in [0.29, 0.717) is 24.4 Å². The van der Waals surface area contributed by atoms with E-state index < -0.39 is 0 Å². The van der Waals surface area contributed by atoms with Gasteiger partial charge in [-0.25, -0.2) is 0 Å². The Hall–Kier alpha value is -2.30. The average molecular weight is 342 g/mol. The zero-order valence-corrected chi connectivity index (χ0v) is 14.1. The van der Waals surface area contributed by atoms with Crippen LogP contribution in [-0.4, -0.2) is 17.4 Å². The van der Waals surface area contributed by atoms with Crippen LogP contribution in [0.4, 0.5) is 5.69 Å². The van der Waals surface area contributed by atoms with Crippen LogP contribution in [0.2, 0.25) is 5.02 Å². The highest BCUT2D eigenvalue weighted by atomic mass is 35.5. The van der Waals surface area contributed by atoms with Crippen molar-refractivity contribution in [3.63, 3.8) is 0 Å². The number of anilines is 1. The third kappa shape index (κ3) is 3.96. The quantitative estimate of drug-likeness (QED) is 0.636. The van der Waals surface area contributed by atoms with E-state index >= 15 is 0 Å². The molecule has 124 valence electrons. The summed E-state index contributed by atoms with van der Waals surface area (Å²) >= 11 is 5.84. The van der Waals surface area contributed by atoms with E-state index in [1.54, 1.807) is 24.3 Å². The molecule has 0 spiro atoms. The molecular formula is C19H20ClN3O. The number of hydrogen-bond donors (Lipinski definition) is 3. The van der Waals surface area contributed by atoms with Gasteiger partial charge in [0, 0.05) is 34.2 Å². The van der Waals surface area contributed by atoms with Gasteiger partial charge < -0.3 is 16.0 Å². The van der Waals surface area contributed by atoms with Gasteiger partial charge >= 0.3 is 0 Å². The number of aryl methyl sites for hydroxylation is 1. The second-order valence-electron chi connectivity index (χ2n) is 5.79. The van der Waals surface area contributed by atoms with Crippen LogP contribution in [0.5, 0.6) is 0 Å². The second kappa shape index (κ2) is 7.51. The molecule has 3 aromatic rings. The molecule has 3 rings (SSSR count). The number of nitrogens with one attached hydrogen (secondary N) is 2. The predicted molar refractivity (Wildman–Crippen MR) is 99.5 cm³/mol. The lowest BCUT2D eigenvalue weighted by Crippen LogP contribution is -2.12. The molecule has 0 bridgehead atoms. The fourth-order valence-electron chi connectivity index (χ4n) is 2.76. The van der Waals surface area contributed by atoms with Crippen molar-refractivity contribution in [1.82, 2.24) is 4.98 Å². The Morgan fingerprint density at radius 3 is 2.67 bits per heavy atom. The summed E-state index contributed by atoms with van der Waals surface area (Å²) in [4.78, 5) is 15.3. The highest BCUT2D eigenvalue weighted by Gasteiger charge is 2.07. The lowest BCUT2D eigenvalue weighted by Gasteiger charge is -2.06. The lowest BCUT2D eigenvalue weighted by molar-refractivity contribution is -0.116. The van der Waals surface area contributed by atoms with E-state index in [1.807, 2.05) is 6.20 Å². The standard InChI is InChI=1S/C19H20ClN3O/c20-15-3-5-16(6-4-15)23-19(24)8-2-13-1-7-18-17(11-13)14(9-10-21)12-22-18/h1,3-7,11-12,22H,2,8-10,21H2,(H,23,24). The van der Waals surface area contributed by atoms with Gasteiger partial charge in [-0.05, 0) is 66.9 Å². The number of hydrogen-bond acceptors (Lipinski definition) is 2. The van der Waals surface area contributed by atoms with E-state index in [1.165, 1.54) is 10.9 Å². The van der Waals surface area contributed by atoms with Crippen molar-refractivity contribution in [1.29, 1.82) is 0 Å². The summed E-state index contributed by atoms with van der Waals surface area (Å²) in [5, 5.41) is 4.73. The maximum absolute atomic E-state index is 12.1. The monoisotopic (exact) mass is 341 g/mol. The van der Waals surface area contributed by atoms with Gasteiger partial charge in [0.05, 0.1) is 0 Å². The summed E-state index contributed by atoms with van der Waals surface area (Å²) in [7, 11) is 0. The number of halogens is 1. The van der Waals surface area contributed by atoms with Crippen LogP contribution in [0.15, 0.2) is 48.7 Å². The van der Waals surface area contributed by atoms with Crippen molar-refractivity contribution in [2.75, 3.05) is 11.9 Å². The van der Waals surface area contributed by atoms with Crippen LogP contribution in [0.25, 0.3) is 10.9 Å². The molecule has 1 amide bonds. The van der Waals surface area contributed by atoms with E-state index in [9.17, 15) is 4.79 Å². The zero-order valence-electron chi connectivity index (χ0n) is 13.3. The van der Waals surface area contributed by atoms with Gasteiger partial charge in [0.2, 0.25) is 5.91 Å². The molecule has 1 aromatic heterocycles. The van der Waals surface area contributed by atoms with Crippen LogP contribution in [-0.2, 0) is 17.6 Å². The minimum Gasteiger partial charge on any atom is -0.361 e. The van der Waals surface area contributed by atoms with Gasteiger partial charge in [0.25, 0.3) is 0 Å². The molecule has 0 atom stereocenters. The molecule has 0 aliphatic heterocycles. The van der Waals surface area contributed by atoms with Crippen LogP contribution in [0.3, 0.4) is 0 Å². The van der Waals surface area contributed by atoms with E-state index in [4.69, 9.17) is 17.3 Å². The topological polar surface area (TPSA) is 70.9 Å². The van der Waals surface area contributed by atoms with E-state index in [2.05, 4.69) is 28.5 Å². The third-order valence-corrected chi connectivity index (χ3v) is 4.27. The molecule has 4 nitrogen and oxygen atoms in total. The molecule has 1 heterocycles. The second-order valence-corrected chi connectivity index (χ2v) is 6.22. The highest BCUT2D eigenvalue weighted by molar-refractivity contribution is 6.30. The maximum atomic E-state index is 12.1. The first kappa shape index (κ1) is 16.6.